The van der Waals surface area contributed by atoms with Gasteiger partial charge in [0.25, 0.3) is 0 Å². The first kappa shape index (κ1) is 19.1. The van der Waals surface area contributed by atoms with Gasteiger partial charge in [-0.15, -0.1) is 0 Å². The summed E-state index contributed by atoms with van der Waals surface area (Å²) in [5.41, 5.74) is 0.854. The van der Waals surface area contributed by atoms with Crippen molar-refractivity contribution in [1.29, 1.82) is 5.26 Å². The molecule has 0 atom stereocenters. The van der Waals surface area contributed by atoms with E-state index in [9.17, 15) is 13.2 Å². The molecule has 2 aromatic rings. The molecule has 0 aliphatic carbocycles. The molecule has 0 radical (unpaired) electrons. The van der Waals surface area contributed by atoms with E-state index in [1.165, 1.54) is 25.3 Å². The molecule has 6 nitrogen and oxygen atoms in total. The highest BCUT2D eigenvalue weighted by Crippen LogP contribution is 2.25. The average Bonchev–Trinajstić information content (AvgIpc) is 2.61. The fourth-order valence-electron chi connectivity index (χ4n) is 2.17. The molecule has 0 aliphatic rings. The van der Waals surface area contributed by atoms with Gasteiger partial charge in [-0.2, -0.15) is 9.57 Å². The molecule has 0 aliphatic heterocycles. The van der Waals surface area contributed by atoms with Crippen molar-refractivity contribution in [3.8, 4) is 6.07 Å². The van der Waals surface area contributed by atoms with Crippen molar-refractivity contribution in [2.45, 2.75) is 11.4 Å². The van der Waals surface area contributed by atoms with Crippen molar-refractivity contribution in [3.63, 3.8) is 0 Å². The molecule has 8 heteroatoms. The van der Waals surface area contributed by atoms with Crippen LogP contribution in [0.5, 0.6) is 0 Å². The van der Waals surface area contributed by atoms with E-state index < -0.39 is 16.0 Å². The summed E-state index contributed by atoms with van der Waals surface area (Å²) >= 11 is 3.20. The van der Waals surface area contributed by atoms with E-state index in [1.54, 1.807) is 24.3 Å². The number of carbonyl (C=O) groups is 1. The number of esters is 1. The Morgan fingerprint density at radius 3 is 2.52 bits per heavy atom. The number of ether oxygens (including phenoxy) is 1. The van der Waals surface area contributed by atoms with Crippen LogP contribution in [0, 0.1) is 11.3 Å². The highest BCUT2D eigenvalue weighted by atomic mass is 79.9. The zero-order chi connectivity index (χ0) is 18.4. The van der Waals surface area contributed by atoms with Crippen LogP contribution in [0.25, 0.3) is 0 Å². The van der Waals surface area contributed by atoms with Crippen LogP contribution in [0.2, 0.25) is 0 Å². The molecule has 0 spiro atoms. The molecule has 0 heterocycles. The summed E-state index contributed by atoms with van der Waals surface area (Å²) in [4.78, 5) is 11.7. The van der Waals surface area contributed by atoms with Gasteiger partial charge in [0.1, 0.15) is 6.54 Å². The second-order valence-electron chi connectivity index (χ2n) is 5.05. The number of nitriles is 1. The molecule has 130 valence electrons. The minimum absolute atomic E-state index is 0.0559. The Labute approximate surface area is 154 Å². The molecule has 0 aromatic heterocycles. The van der Waals surface area contributed by atoms with E-state index >= 15 is 0 Å². The zero-order valence-corrected chi connectivity index (χ0v) is 15.7. The van der Waals surface area contributed by atoms with Crippen molar-refractivity contribution in [2.24, 2.45) is 0 Å². The van der Waals surface area contributed by atoms with E-state index in [-0.39, 0.29) is 23.5 Å². The van der Waals surface area contributed by atoms with E-state index in [1.807, 2.05) is 12.1 Å². The first-order valence-electron chi connectivity index (χ1n) is 7.19. The molecule has 0 N–H and O–H groups in total. The molecule has 0 amide bonds. The smallest absolute Gasteiger partial charge is 0.339 e. The van der Waals surface area contributed by atoms with Gasteiger partial charge in [0.05, 0.1) is 23.6 Å². The lowest BCUT2D eigenvalue weighted by molar-refractivity contribution is 0.0599. The van der Waals surface area contributed by atoms with Gasteiger partial charge in [-0.05, 0) is 39.7 Å². The normalized spacial score (nSPS) is 11.1. The summed E-state index contributed by atoms with van der Waals surface area (Å²) in [7, 11) is -2.74. The third kappa shape index (κ3) is 4.45. The summed E-state index contributed by atoms with van der Waals surface area (Å²) < 4.78 is 32.0. The van der Waals surface area contributed by atoms with Gasteiger partial charge in [0.2, 0.25) is 10.0 Å². The van der Waals surface area contributed by atoms with Gasteiger partial charge in [0, 0.05) is 11.0 Å². The van der Waals surface area contributed by atoms with Gasteiger partial charge < -0.3 is 4.74 Å². The van der Waals surface area contributed by atoms with Crippen molar-refractivity contribution in [1.82, 2.24) is 4.31 Å². The van der Waals surface area contributed by atoms with E-state index in [4.69, 9.17) is 5.26 Å². The number of hydrogen-bond donors (Lipinski definition) is 0. The summed E-state index contributed by atoms with van der Waals surface area (Å²) in [5.74, 6) is -0.654. The molecule has 0 saturated heterocycles. The average molecular weight is 423 g/mol. The standard InChI is InChI=1S/C17H15BrN2O4S/c1-24-17(21)15-11-14(7-8-16(15)18)25(22,23)20(10-9-19)12-13-5-3-2-4-6-13/h2-8,11H,10,12H2,1H3. The van der Waals surface area contributed by atoms with Crippen LogP contribution < -0.4 is 0 Å². The number of methoxy groups -OCH3 is 1. The van der Waals surface area contributed by atoms with Crippen LogP contribution in [0.1, 0.15) is 15.9 Å². The zero-order valence-electron chi connectivity index (χ0n) is 13.3. The number of nitrogens with zero attached hydrogens (tertiary/aromatic N) is 2. The predicted molar refractivity (Wildman–Crippen MR) is 95.1 cm³/mol. The lowest BCUT2D eigenvalue weighted by atomic mass is 10.2. The molecule has 0 fully saturated rings. The second-order valence-corrected chi connectivity index (χ2v) is 7.84. The van der Waals surface area contributed by atoms with Crippen LogP contribution in [0.15, 0.2) is 57.9 Å². The Morgan fingerprint density at radius 2 is 1.92 bits per heavy atom. The van der Waals surface area contributed by atoms with Crippen molar-refractivity contribution < 1.29 is 17.9 Å². The molecular weight excluding hydrogens is 408 g/mol. The third-order valence-corrected chi connectivity index (χ3v) is 5.91. The van der Waals surface area contributed by atoms with E-state index in [0.717, 1.165) is 9.87 Å². The fraction of sp³-hybridized carbons (Fsp3) is 0.176. The topological polar surface area (TPSA) is 87.5 Å². The number of rotatable bonds is 6. The summed E-state index contributed by atoms with van der Waals surface area (Å²) in [6, 6.07) is 14.9. The number of benzene rings is 2. The maximum absolute atomic E-state index is 12.9. The Kier molecular flexibility index (Phi) is 6.31. The molecule has 2 rings (SSSR count). The van der Waals surface area contributed by atoms with Crippen LogP contribution >= 0.6 is 15.9 Å². The van der Waals surface area contributed by atoms with Crippen LogP contribution in [-0.4, -0.2) is 32.3 Å². The first-order chi connectivity index (χ1) is 11.9. The molecular formula is C17H15BrN2O4S. The van der Waals surface area contributed by atoms with Gasteiger partial charge in [0.15, 0.2) is 0 Å². The molecule has 0 bridgehead atoms. The first-order valence-corrected chi connectivity index (χ1v) is 9.42. The molecule has 0 saturated carbocycles. The molecule has 2 aromatic carbocycles. The van der Waals surface area contributed by atoms with Gasteiger partial charge >= 0.3 is 5.97 Å². The summed E-state index contributed by atoms with van der Waals surface area (Å²) in [6.07, 6.45) is 0. The Balaban J connectivity index is 2.43. The van der Waals surface area contributed by atoms with Crippen molar-refractivity contribution >= 4 is 31.9 Å². The predicted octanol–water partition coefficient (Wildman–Crippen LogP) is 2.95. The number of carbonyl (C=O) groups excluding carboxylic acids is 1. The Morgan fingerprint density at radius 1 is 1.24 bits per heavy atom. The van der Waals surface area contributed by atoms with Gasteiger partial charge in [-0.3, -0.25) is 0 Å². The van der Waals surface area contributed by atoms with Gasteiger partial charge in [-0.1, -0.05) is 30.3 Å². The lowest BCUT2D eigenvalue weighted by Crippen LogP contribution is -2.31. The number of hydrogen-bond acceptors (Lipinski definition) is 5. The minimum atomic E-state index is -3.96. The molecule has 0 unspecified atom stereocenters. The van der Waals surface area contributed by atoms with Crippen LogP contribution in [0.4, 0.5) is 0 Å². The largest absolute Gasteiger partial charge is 0.465 e. The van der Waals surface area contributed by atoms with E-state index in [0.29, 0.717) is 4.47 Å². The second kappa shape index (κ2) is 8.25. The maximum Gasteiger partial charge on any atom is 0.339 e. The van der Waals surface area contributed by atoms with Crippen LogP contribution in [0.3, 0.4) is 0 Å². The molecule has 25 heavy (non-hydrogen) atoms. The maximum atomic E-state index is 12.9. The SMILES string of the molecule is COC(=O)c1cc(S(=O)(=O)N(CC#N)Cc2ccccc2)ccc1Br. The fourth-order valence-corrected chi connectivity index (χ4v) is 3.93. The highest BCUT2D eigenvalue weighted by Gasteiger charge is 2.26. The van der Waals surface area contributed by atoms with Crippen LogP contribution in [-0.2, 0) is 21.3 Å². The Hall–Kier alpha value is -2.21. The minimum Gasteiger partial charge on any atom is -0.465 e. The summed E-state index contributed by atoms with van der Waals surface area (Å²) in [5, 5.41) is 9.01. The monoisotopic (exact) mass is 422 g/mol. The van der Waals surface area contributed by atoms with E-state index in [2.05, 4.69) is 20.7 Å². The van der Waals surface area contributed by atoms with Crippen molar-refractivity contribution in [2.75, 3.05) is 13.7 Å². The van der Waals surface area contributed by atoms with Gasteiger partial charge in [-0.25, -0.2) is 13.2 Å². The van der Waals surface area contributed by atoms with Crippen molar-refractivity contribution in [3.05, 3.63) is 64.1 Å². The quantitative estimate of drug-likeness (QED) is 0.527. The number of sulfonamides is 1. The highest BCUT2D eigenvalue weighted by molar-refractivity contribution is 9.10. The summed E-state index contributed by atoms with van der Waals surface area (Å²) in [6.45, 7) is -0.249. The Bertz CT molecular complexity index is 908. The number of halogens is 1. The lowest BCUT2D eigenvalue weighted by Gasteiger charge is -2.20. The third-order valence-electron chi connectivity index (χ3n) is 3.43.